The van der Waals surface area contributed by atoms with Gasteiger partial charge >= 0.3 is 11.9 Å². The van der Waals surface area contributed by atoms with E-state index >= 15 is 0 Å². The van der Waals surface area contributed by atoms with Gasteiger partial charge in [0.25, 0.3) is 5.56 Å². The standard InChI is InChI=1S/C23H18N2O6/c1-2-23(30)16-9-18-20-14(10-25(18)21(28)15(16)11-31-22(23)29)12(7-8-19(26)27)13-5-3-4-6-17(13)24-20/h3-9,30H,2,10-11H2,1H3,(H,26,27)/b8-7+/t23-/m0/s1. The fourth-order valence-corrected chi connectivity index (χ4v) is 4.40. The Morgan fingerprint density at radius 2 is 2.06 bits per heavy atom. The van der Waals surface area contributed by atoms with E-state index in [1.807, 2.05) is 24.3 Å². The molecule has 5 rings (SSSR count). The smallest absolute Gasteiger partial charge is 0.343 e. The molecule has 8 heteroatoms. The zero-order chi connectivity index (χ0) is 21.9. The van der Waals surface area contributed by atoms with Crippen molar-refractivity contribution in [2.24, 2.45) is 0 Å². The van der Waals surface area contributed by atoms with Crippen molar-refractivity contribution < 1.29 is 24.5 Å². The van der Waals surface area contributed by atoms with Crippen LogP contribution in [0.4, 0.5) is 0 Å². The maximum atomic E-state index is 13.3. The molecule has 0 radical (unpaired) electrons. The first-order chi connectivity index (χ1) is 14.8. The van der Waals surface area contributed by atoms with Crippen molar-refractivity contribution in [3.63, 3.8) is 0 Å². The number of aliphatic carboxylic acids is 1. The normalized spacial score (nSPS) is 19.2. The van der Waals surface area contributed by atoms with Gasteiger partial charge in [-0.15, -0.1) is 0 Å². The van der Waals surface area contributed by atoms with Crippen LogP contribution in [0.1, 0.15) is 35.6 Å². The number of benzene rings is 1. The summed E-state index contributed by atoms with van der Waals surface area (Å²) >= 11 is 0. The lowest BCUT2D eigenvalue weighted by molar-refractivity contribution is -0.172. The van der Waals surface area contributed by atoms with Crippen LogP contribution in [0.2, 0.25) is 0 Å². The van der Waals surface area contributed by atoms with Gasteiger partial charge in [-0.3, -0.25) is 4.79 Å². The molecule has 2 aliphatic heterocycles. The molecule has 31 heavy (non-hydrogen) atoms. The second kappa shape index (κ2) is 6.61. The number of aromatic nitrogens is 2. The van der Waals surface area contributed by atoms with Crippen molar-refractivity contribution in [2.75, 3.05) is 0 Å². The minimum Gasteiger partial charge on any atom is -0.478 e. The highest BCUT2D eigenvalue weighted by molar-refractivity contribution is 5.96. The molecule has 0 saturated carbocycles. The van der Waals surface area contributed by atoms with Crippen LogP contribution in [-0.2, 0) is 33.1 Å². The number of carbonyl (C=O) groups is 2. The number of pyridine rings is 2. The summed E-state index contributed by atoms with van der Waals surface area (Å²) in [5, 5.41) is 20.9. The molecule has 0 unspecified atom stereocenters. The molecule has 1 atom stereocenters. The monoisotopic (exact) mass is 418 g/mol. The maximum Gasteiger partial charge on any atom is 0.343 e. The molecule has 2 N–H and O–H groups in total. The molecule has 0 saturated heterocycles. The maximum absolute atomic E-state index is 13.3. The summed E-state index contributed by atoms with van der Waals surface area (Å²) in [5.41, 5.74) is 1.27. The van der Waals surface area contributed by atoms with Gasteiger partial charge in [-0.05, 0) is 30.2 Å². The molecule has 3 aromatic rings. The molecule has 2 aromatic heterocycles. The van der Waals surface area contributed by atoms with Crippen LogP contribution in [-0.4, -0.2) is 31.7 Å². The molecule has 0 spiro atoms. The number of ether oxygens (including phenoxy) is 1. The van der Waals surface area contributed by atoms with Crippen LogP contribution in [0, 0.1) is 0 Å². The first kappa shape index (κ1) is 19.2. The topological polar surface area (TPSA) is 119 Å². The second-order valence-corrected chi connectivity index (χ2v) is 7.64. The number of carboxylic acid groups (broad SMARTS) is 1. The Labute approximate surface area is 176 Å². The lowest BCUT2D eigenvalue weighted by atomic mass is 9.86. The Bertz CT molecular complexity index is 1390. The number of esters is 1. The van der Waals surface area contributed by atoms with Crippen LogP contribution in [0.3, 0.4) is 0 Å². The Kier molecular flexibility index (Phi) is 4.10. The average molecular weight is 418 g/mol. The van der Waals surface area contributed by atoms with Crippen molar-refractivity contribution in [3.05, 3.63) is 69.0 Å². The van der Waals surface area contributed by atoms with Crippen molar-refractivity contribution in [2.45, 2.75) is 32.1 Å². The van der Waals surface area contributed by atoms with Crippen molar-refractivity contribution >= 4 is 28.9 Å². The minimum absolute atomic E-state index is 0.0618. The van der Waals surface area contributed by atoms with E-state index in [2.05, 4.69) is 0 Å². The van der Waals surface area contributed by atoms with E-state index in [0.29, 0.717) is 28.0 Å². The van der Waals surface area contributed by atoms with Crippen LogP contribution in [0.25, 0.3) is 28.4 Å². The number of nitrogens with zero attached hydrogens (tertiary/aromatic N) is 2. The van der Waals surface area contributed by atoms with Gasteiger partial charge in [0.1, 0.15) is 6.61 Å². The molecule has 0 amide bonds. The Balaban J connectivity index is 1.83. The molecule has 2 aliphatic rings. The summed E-state index contributed by atoms with van der Waals surface area (Å²) in [4.78, 5) is 41.4. The third-order valence-electron chi connectivity index (χ3n) is 6.03. The van der Waals surface area contributed by atoms with Crippen molar-refractivity contribution in [3.8, 4) is 11.4 Å². The third-order valence-corrected chi connectivity index (χ3v) is 6.03. The molecule has 4 heterocycles. The van der Waals surface area contributed by atoms with E-state index in [4.69, 9.17) is 14.8 Å². The van der Waals surface area contributed by atoms with Gasteiger partial charge in [0.2, 0.25) is 0 Å². The molecule has 0 bridgehead atoms. The number of carbonyl (C=O) groups excluding carboxylic acids is 1. The number of carboxylic acids is 1. The largest absolute Gasteiger partial charge is 0.478 e. The number of hydrogen-bond donors (Lipinski definition) is 2. The van der Waals surface area contributed by atoms with E-state index in [0.717, 1.165) is 11.5 Å². The van der Waals surface area contributed by atoms with Gasteiger partial charge in [-0.1, -0.05) is 25.1 Å². The SMILES string of the molecule is CC[C@@]1(O)C(=O)OCc2c1cc1n(c2=O)Cc2c-1nc1ccccc1c2/C=C/C(=O)O. The highest BCUT2D eigenvalue weighted by atomic mass is 16.6. The van der Waals surface area contributed by atoms with Gasteiger partial charge in [0, 0.05) is 22.6 Å². The van der Waals surface area contributed by atoms with Crippen molar-refractivity contribution in [1.82, 2.24) is 9.55 Å². The van der Waals surface area contributed by atoms with Crippen molar-refractivity contribution in [1.29, 1.82) is 0 Å². The number of para-hydroxylation sites is 1. The molecular formula is C23H18N2O6. The van der Waals surface area contributed by atoms with Gasteiger partial charge in [0.15, 0.2) is 5.60 Å². The first-order valence-electron chi connectivity index (χ1n) is 9.85. The fourth-order valence-electron chi connectivity index (χ4n) is 4.40. The summed E-state index contributed by atoms with van der Waals surface area (Å²) in [6.07, 6.45) is 2.63. The summed E-state index contributed by atoms with van der Waals surface area (Å²) < 4.78 is 6.62. The summed E-state index contributed by atoms with van der Waals surface area (Å²) in [7, 11) is 0. The number of hydrogen-bond acceptors (Lipinski definition) is 6. The van der Waals surface area contributed by atoms with E-state index < -0.39 is 17.5 Å². The molecule has 1 aromatic carbocycles. The highest BCUT2D eigenvalue weighted by Gasteiger charge is 2.45. The second-order valence-electron chi connectivity index (χ2n) is 7.64. The summed E-state index contributed by atoms with van der Waals surface area (Å²) in [6, 6.07) is 8.97. The van der Waals surface area contributed by atoms with Crippen LogP contribution >= 0.6 is 0 Å². The summed E-state index contributed by atoms with van der Waals surface area (Å²) in [5.74, 6) is -1.86. The lowest BCUT2D eigenvalue weighted by Crippen LogP contribution is -2.44. The van der Waals surface area contributed by atoms with Crippen LogP contribution in [0.15, 0.2) is 41.2 Å². The molecule has 0 fully saturated rings. The van der Waals surface area contributed by atoms with E-state index in [1.54, 1.807) is 13.0 Å². The van der Waals surface area contributed by atoms with Crippen LogP contribution in [0.5, 0.6) is 0 Å². The first-order valence-corrected chi connectivity index (χ1v) is 9.85. The van der Waals surface area contributed by atoms with E-state index in [-0.39, 0.29) is 36.3 Å². The predicted octanol–water partition coefficient (Wildman–Crippen LogP) is 2.18. The van der Waals surface area contributed by atoms with Crippen LogP contribution < -0.4 is 5.56 Å². The number of fused-ring (bicyclic) bond motifs is 5. The molecule has 156 valence electrons. The van der Waals surface area contributed by atoms with Gasteiger partial charge in [-0.25, -0.2) is 14.6 Å². The van der Waals surface area contributed by atoms with Gasteiger partial charge in [-0.2, -0.15) is 0 Å². The zero-order valence-corrected chi connectivity index (χ0v) is 16.6. The van der Waals surface area contributed by atoms with E-state index in [1.165, 1.54) is 10.6 Å². The Hall–Kier alpha value is -3.78. The average Bonchev–Trinajstić information content (AvgIpc) is 3.13. The van der Waals surface area contributed by atoms with E-state index in [9.17, 15) is 19.5 Å². The molecule has 8 nitrogen and oxygen atoms in total. The Morgan fingerprint density at radius 1 is 1.29 bits per heavy atom. The minimum atomic E-state index is -1.89. The lowest BCUT2D eigenvalue weighted by Gasteiger charge is -2.31. The van der Waals surface area contributed by atoms with Gasteiger partial charge in [0.05, 0.1) is 29.0 Å². The molecular weight excluding hydrogens is 400 g/mol. The number of cyclic esters (lactones) is 1. The quantitative estimate of drug-likeness (QED) is 0.387. The highest BCUT2D eigenvalue weighted by Crippen LogP contribution is 2.40. The third kappa shape index (κ3) is 2.65. The fraction of sp³-hybridized carbons (Fsp3) is 0.217. The number of rotatable bonds is 3. The van der Waals surface area contributed by atoms with Gasteiger partial charge < -0.3 is 19.5 Å². The number of aliphatic hydroxyl groups is 1. The molecule has 0 aliphatic carbocycles. The Morgan fingerprint density at radius 3 is 2.81 bits per heavy atom. The zero-order valence-electron chi connectivity index (χ0n) is 16.6. The summed E-state index contributed by atoms with van der Waals surface area (Å²) in [6.45, 7) is 1.65. The predicted molar refractivity (Wildman–Crippen MR) is 111 cm³/mol.